The molecule has 0 atom stereocenters. The number of nitrogens with zero attached hydrogens (tertiary/aromatic N) is 7. The molecular weight excluding hydrogens is 431 g/mol. The number of benzene rings is 1. The van der Waals surface area contributed by atoms with Crippen LogP contribution < -0.4 is 4.90 Å². The number of hydrogen-bond acceptors (Lipinski definition) is 6. The molecule has 0 spiro atoms. The predicted octanol–water partition coefficient (Wildman–Crippen LogP) is 4.36. The highest BCUT2D eigenvalue weighted by molar-refractivity contribution is 6.08. The van der Waals surface area contributed by atoms with Gasteiger partial charge in [0.05, 0.1) is 18.0 Å². The quantitative estimate of drug-likeness (QED) is 0.431. The molecule has 0 saturated carbocycles. The van der Waals surface area contributed by atoms with Crippen LogP contribution in [0.4, 0.5) is 24.7 Å². The van der Waals surface area contributed by atoms with Crippen molar-refractivity contribution in [3.05, 3.63) is 48.0 Å². The molecule has 0 aliphatic carbocycles. The van der Waals surface area contributed by atoms with Gasteiger partial charge >= 0.3 is 0 Å². The maximum atomic E-state index is 15.0. The topological polar surface area (TPSA) is 83.5 Å². The SMILES string of the molecule is Cn1nnc2nc(N(CC(F)F)c3ccnc(C#CC(C)(C)C#N)c3)c3c(F)cccc3c21. The molecule has 33 heavy (non-hydrogen) atoms. The van der Waals surface area contributed by atoms with Gasteiger partial charge in [-0.1, -0.05) is 23.3 Å². The van der Waals surface area contributed by atoms with Crippen LogP contribution in [0.1, 0.15) is 19.5 Å². The van der Waals surface area contributed by atoms with Crippen molar-refractivity contribution in [1.29, 1.82) is 5.26 Å². The molecule has 3 aromatic heterocycles. The lowest BCUT2D eigenvalue weighted by Crippen LogP contribution is -2.25. The molecule has 166 valence electrons. The van der Waals surface area contributed by atoms with Gasteiger partial charge in [0.25, 0.3) is 6.43 Å². The lowest BCUT2D eigenvalue weighted by Gasteiger charge is -2.25. The number of halogens is 3. The van der Waals surface area contributed by atoms with Crippen LogP contribution in [0.2, 0.25) is 0 Å². The van der Waals surface area contributed by atoms with Crippen LogP contribution in [0.3, 0.4) is 0 Å². The fourth-order valence-electron chi connectivity index (χ4n) is 3.37. The number of fused-ring (bicyclic) bond motifs is 3. The lowest BCUT2D eigenvalue weighted by atomic mass is 9.97. The second-order valence-corrected chi connectivity index (χ2v) is 7.87. The van der Waals surface area contributed by atoms with Crippen LogP contribution in [-0.4, -0.2) is 37.9 Å². The van der Waals surface area contributed by atoms with Gasteiger partial charge in [-0.15, -0.1) is 5.10 Å². The minimum Gasteiger partial charge on any atom is -0.320 e. The van der Waals surface area contributed by atoms with E-state index in [2.05, 4.69) is 38.2 Å². The van der Waals surface area contributed by atoms with E-state index in [9.17, 15) is 8.78 Å². The standard InChI is InChI=1S/C23H18F3N7/c1-23(2,13-27)9-7-14-11-15(8-10-28-14)33(12-18(25)26)22-19-16(5-4-6-17(19)24)20-21(29-22)30-31-32(20)3/h4-6,8,10-11,18H,12H2,1-3H3. The van der Waals surface area contributed by atoms with E-state index in [0.717, 1.165) is 0 Å². The van der Waals surface area contributed by atoms with E-state index in [1.165, 1.54) is 40.0 Å². The second-order valence-electron chi connectivity index (χ2n) is 7.87. The summed E-state index contributed by atoms with van der Waals surface area (Å²) in [5.41, 5.74) is 0.364. The van der Waals surface area contributed by atoms with Gasteiger partial charge in [0.15, 0.2) is 0 Å². The minimum absolute atomic E-state index is 0.0149. The molecule has 0 N–H and O–H groups in total. The molecular formula is C23H18F3N7. The van der Waals surface area contributed by atoms with Crippen LogP contribution in [0.5, 0.6) is 0 Å². The minimum atomic E-state index is -2.74. The molecule has 3 heterocycles. The summed E-state index contributed by atoms with van der Waals surface area (Å²) in [5.74, 6) is 4.98. The van der Waals surface area contributed by atoms with Crippen LogP contribution in [0.25, 0.3) is 21.9 Å². The molecule has 0 unspecified atom stereocenters. The van der Waals surface area contributed by atoms with Crippen molar-refractivity contribution >= 4 is 33.4 Å². The summed E-state index contributed by atoms with van der Waals surface area (Å²) in [6.45, 7) is 2.56. The first-order valence-corrected chi connectivity index (χ1v) is 9.94. The Morgan fingerprint density at radius 3 is 2.76 bits per heavy atom. The first-order chi connectivity index (χ1) is 15.7. The van der Waals surface area contributed by atoms with Crippen LogP contribution in [0.15, 0.2) is 36.5 Å². The van der Waals surface area contributed by atoms with Crippen molar-refractivity contribution in [2.24, 2.45) is 12.5 Å². The number of anilines is 2. The normalized spacial score (nSPS) is 11.5. The molecule has 0 amide bonds. The molecule has 0 radical (unpaired) electrons. The summed E-state index contributed by atoms with van der Waals surface area (Å²) < 4.78 is 43.8. The van der Waals surface area contributed by atoms with Gasteiger partial charge in [0, 0.05) is 24.3 Å². The van der Waals surface area contributed by atoms with Crippen LogP contribution in [-0.2, 0) is 7.05 Å². The number of rotatable bonds is 4. The number of nitriles is 1. The van der Waals surface area contributed by atoms with E-state index in [4.69, 9.17) is 5.26 Å². The van der Waals surface area contributed by atoms with Crippen molar-refractivity contribution in [3.8, 4) is 17.9 Å². The molecule has 4 aromatic rings. The van der Waals surface area contributed by atoms with E-state index in [0.29, 0.717) is 16.6 Å². The monoisotopic (exact) mass is 449 g/mol. The largest absolute Gasteiger partial charge is 0.320 e. The van der Waals surface area contributed by atoms with Gasteiger partial charge in [-0.2, -0.15) is 5.26 Å². The van der Waals surface area contributed by atoms with Gasteiger partial charge in [-0.3, -0.25) is 0 Å². The van der Waals surface area contributed by atoms with E-state index < -0.39 is 24.2 Å². The molecule has 0 aliphatic rings. The fraction of sp³-hybridized carbons (Fsp3) is 0.261. The fourth-order valence-corrected chi connectivity index (χ4v) is 3.37. The van der Waals surface area contributed by atoms with Crippen LogP contribution in [0, 0.1) is 34.4 Å². The highest BCUT2D eigenvalue weighted by Crippen LogP contribution is 2.36. The van der Waals surface area contributed by atoms with Gasteiger partial charge in [0.2, 0.25) is 5.65 Å². The smallest absolute Gasteiger partial charge is 0.256 e. The Bertz CT molecular complexity index is 1460. The lowest BCUT2D eigenvalue weighted by molar-refractivity contribution is 0.158. The zero-order valence-corrected chi connectivity index (χ0v) is 18.0. The molecule has 1 aromatic carbocycles. The Balaban J connectivity index is 1.95. The molecule has 0 fully saturated rings. The Morgan fingerprint density at radius 2 is 2.03 bits per heavy atom. The zero-order valence-electron chi connectivity index (χ0n) is 18.0. The Kier molecular flexibility index (Phi) is 5.60. The van der Waals surface area contributed by atoms with Crippen LogP contribution >= 0.6 is 0 Å². The Hall–Kier alpha value is -4.18. The second kappa shape index (κ2) is 8.40. The molecule has 7 nitrogen and oxygen atoms in total. The Morgan fingerprint density at radius 1 is 1.24 bits per heavy atom. The van der Waals surface area contributed by atoms with E-state index in [1.54, 1.807) is 27.0 Å². The first kappa shape index (κ1) is 22.0. The van der Waals surface area contributed by atoms with E-state index in [1.807, 2.05) is 0 Å². The third kappa shape index (κ3) is 4.28. The van der Waals surface area contributed by atoms with Gasteiger partial charge in [-0.25, -0.2) is 27.8 Å². The van der Waals surface area contributed by atoms with Gasteiger partial charge in [0.1, 0.15) is 28.3 Å². The van der Waals surface area contributed by atoms with Crippen molar-refractivity contribution in [3.63, 3.8) is 0 Å². The summed E-state index contributed by atoms with van der Waals surface area (Å²) in [6.07, 6.45) is -1.33. The van der Waals surface area contributed by atoms with Gasteiger partial charge < -0.3 is 4.90 Å². The summed E-state index contributed by atoms with van der Waals surface area (Å²) in [7, 11) is 1.65. The zero-order chi connectivity index (χ0) is 23.8. The van der Waals surface area contributed by atoms with Crippen molar-refractivity contribution in [1.82, 2.24) is 25.0 Å². The molecule has 0 bridgehead atoms. The number of hydrogen-bond donors (Lipinski definition) is 0. The summed E-state index contributed by atoms with van der Waals surface area (Å²) in [5, 5.41) is 17.6. The number of alkyl halides is 2. The average molecular weight is 449 g/mol. The summed E-state index contributed by atoms with van der Waals surface area (Å²) in [4.78, 5) is 9.76. The number of aromatic nitrogens is 5. The van der Waals surface area contributed by atoms with Crippen molar-refractivity contribution < 1.29 is 13.2 Å². The van der Waals surface area contributed by atoms with Crippen molar-refractivity contribution in [2.45, 2.75) is 20.3 Å². The van der Waals surface area contributed by atoms with E-state index >= 15 is 4.39 Å². The maximum Gasteiger partial charge on any atom is 0.256 e. The number of pyridine rings is 2. The highest BCUT2D eigenvalue weighted by atomic mass is 19.3. The third-order valence-electron chi connectivity index (χ3n) is 4.93. The molecule has 0 saturated heterocycles. The van der Waals surface area contributed by atoms with Gasteiger partial charge in [-0.05, 0) is 38.0 Å². The average Bonchev–Trinajstić information content (AvgIpc) is 3.17. The summed E-state index contributed by atoms with van der Waals surface area (Å²) in [6, 6.07) is 9.53. The highest BCUT2D eigenvalue weighted by Gasteiger charge is 2.24. The Labute approximate surface area is 187 Å². The molecule has 0 aliphatic heterocycles. The van der Waals surface area contributed by atoms with E-state index in [-0.39, 0.29) is 22.5 Å². The predicted molar refractivity (Wildman–Crippen MR) is 117 cm³/mol. The molecule has 10 heteroatoms. The van der Waals surface area contributed by atoms with Crippen molar-refractivity contribution in [2.75, 3.05) is 11.4 Å². The molecule has 4 rings (SSSR count). The first-order valence-electron chi connectivity index (χ1n) is 9.94. The maximum absolute atomic E-state index is 15.0. The third-order valence-corrected chi connectivity index (χ3v) is 4.93. The summed E-state index contributed by atoms with van der Waals surface area (Å²) >= 11 is 0. The number of aryl methyl sites for hydroxylation is 1.